The van der Waals surface area contributed by atoms with Crippen molar-refractivity contribution in [2.75, 3.05) is 11.4 Å². The van der Waals surface area contributed by atoms with Crippen molar-refractivity contribution in [2.24, 2.45) is 0 Å². The first kappa shape index (κ1) is 16.0. The highest BCUT2D eigenvalue weighted by molar-refractivity contribution is 5.96. The van der Waals surface area contributed by atoms with Crippen molar-refractivity contribution >= 4 is 17.6 Å². The number of para-hydroxylation sites is 1. The fraction of sp³-hybridized carbons (Fsp3) is 0.222. The molecular formula is C18H18FN3O2. The molecule has 24 heavy (non-hydrogen) atoms. The molecule has 6 heteroatoms. The molecule has 1 aliphatic heterocycles. The van der Waals surface area contributed by atoms with Crippen molar-refractivity contribution in [1.82, 2.24) is 10.6 Å². The Morgan fingerprint density at radius 3 is 2.54 bits per heavy atom. The summed E-state index contributed by atoms with van der Waals surface area (Å²) in [6.45, 7) is 0.752. The van der Waals surface area contributed by atoms with Crippen molar-refractivity contribution in [3.8, 4) is 0 Å². The zero-order valence-corrected chi connectivity index (χ0v) is 13.0. The maximum absolute atomic E-state index is 12.8. The molecule has 0 aliphatic carbocycles. The average Bonchev–Trinajstić information content (AvgIpc) is 2.95. The number of hydrogen-bond donors (Lipinski definition) is 2. The van der Waals surface area contributed by atoms with E-state index in [9.17, 15) is 14.0 Å². The van der Waals surface area contributed by atoms with E-state index in [4.69, 9.17) is 0 Å². The van der Waals surface area contributed by atoms with Crippen LogP contribution in [-0.4, -0.2) is 24.5 Å². The minimum atomic E-state index is -0.341. The average molecular weight is 327 g/mol. The van der Waals surface area contributed by atoms with E-state index >= 15 is 0 Å². The number of nitrogens with one attached hydrogen (secondary N) is 2. The molecule has 0 saturated carbocycles. The Bertz CT molecular complexity index is 719. The summed E-state index contributed by atoms with van der Waals surface area (Å²) in [5, 5.41) is 5.52. The first-order valence-electron chi connectivity index (χ1n) is 7.76. The number of carbonyl (C=O) groups excluding carboxylic acids is 2. The summed E-state index contributed by atoms with van der Waals surface area (Å²) in [5.74, 6) is -0.321. The topological polar surface area (TPSA) is 61.4 Å². The summed E-state index contributed by atoms with van der Waals surface area (Å²) in [5.41, 5.74) is 1.64. The number of carbonyl (C=O) groups is 2. The molecule has 1 atom stereocenters. The van der Waals surface area contributed by atoms with Crippen LogP contribution in [0.15, 0.2) is 54.6 Å². The van der Waals surface area contributed by atoms with Crippen molar-refractivity contribution in [2.45, 2.75) is 19.0 Å². The number of nitrogens with zero attached hydrogens (tertiary/aromatic N) is 1. The molecule has 3 rings (SSSR count). The Morgan fingerprint density at radius 2 is 1.83 bits per heavy atom. The van der Waals surface area contributed by atoms with Crippen LogP contribution < -0.4 is 15.5 Å². The summed E-state index contributed by atoms with van der Waals surface area (Å²) in [6, 6.07) is 14.7. The zero-order chi connectivity index (χ0) is 16.9. The normalized spacial score (nSPS) is 17.0. The molecular weight excluding hydrogens is 309 g/mol. The van der Waals surface area contributed by atoms with E-state index in [1.165, 1.54) is 12.1 Å². The lowest BCUT2D eigenvalue weighted by atomic mass is 10.2. The summed E-state index contributed by atoms with van der Waals surface area (Å²) < 4.78 is 12.8. The lowest BCUT2D eigenvalue weighted by Gasteiger charge is -2.17. The van der Waals surface area contributed by atoms with Crippen molar-refractivity contribution in [1.29, 1.82) is 0 Å². The Balaban J connectivity index is 1.50. The Labute approximate surface area is 139 Å². The first-order chi connectivity index (χ1) is 11.6. The van der Waals surface area contributed by atoms with Crippen molar-refractivity contribution in [3.63, 3.8) is 0 Å². The first-order valence-corrected chi connectivity index (χ1v) is 7.76. The fourth-order valence-electron chi connectivity index (χ4n) is 2.68. The quantitative estimate of drug-likeness (QED) is 0.906. The second-order valence-electron chi connectivity index (χ2n) is 5.69. The van der Waals surface area contributed by atoms with Crippen LogP contribution in [0.3, 0.4) is 0 Å². The molecule has 0 radical (unpaired) electrons. The number of urea groups is 1. The van der Waals surface area contributed by atoms with Crippen molar-refractivity contribution < 1.29 is 14.0 Å². The Kier molecular flexibility index (Phi) is 4.74. The van der Waals surface area contributed by atoms with Gasteiger partial charge in [-0.1, -0.05) is 30.3 Å². The van der Waals surface area contributed by atoms with Gasteiger partial charge in [0.2, 0.25) is 5.91 Å². The van der Waals surface area contributed by atoms with Gasteiger partial charge in [0.1, 0.15) is 5.82 Å². The van der Waals surface area contributed by atoms with Crippen molar-refractivity contribution in [3.05, 3.63) is 66.0 Å². The summed E-state index contributed by atoms with van der Waals surface area (Å²) in [4.78, 5) is 25.7. The molecule has 2 aromatic carbocycles. The van der Waals surface area contributed by atoms with Gasteiger partial charge < -0.3 is 15.5 Å². The van der Waals surface area contributed by atoms with E-state index in [1.54, 1.807) is 17.0 Å². The molecule has 0 aromatic heterocycles. The van der Waals surface area contributed by atoms with Gasteiger partial charge in [0.05, 0.1) is 6.04 Å². The van der Waals surface area contributed by atoms with Gasteiger partial charge in [0.15, 0.2) is 0 Å². The van der Waals surface area contributed by atoms with Crippen LogP contribution in [0, 0.1) is 5.82 Å². The monoisotopic (exact) mass is 327 g/mol. The van der Waals surface area contributed by atoms with Crippen LogP contribution >= 0.6 is 0 Å². The molecule has 5 nitrogen and oxygen atoms in total. The van der Waals surface area contributed by atoms with Gasteiger partial charge in [-0.05, 0) is 29.8 Å². The standard InChI is InChI=1S/C18H18FN3O2/c19-14-8-6-13(7-9-14)11-20-18(24)21-15-10-17(23)22(12-15)16-4-2-1-3-5-16/h1-9,15H,10-12H2,(H2,20,21,24). The van der Waals surface area contributed by atoms with Gasteiger partial charge in [0.25, 0.3) is 0 Å². The number of hydrogen-bond acceptors (Lipinski definition) is 2. The molecule has 1 saturated heterocycles. The Morgan fingerprint density at radius 1 is 1.12 bits per heavy atom. The van der Waals surface area contributed by atoms with E-state index in [0.717, 1.165) is 11.3 Å². The summed E-state index contributed by atoms with van der Waals surface area (Å²) >= 11 is 0. The van der Waals surface area contributed by atoms with Gasteiger partial charge in [-0.3, -0.25) is 4.79 Å². The lowest BCUT2D eigenvalue weighted by molar-refractivity contribution is -0.117. The molecule has 0 spiro atoms. The van der Waals surface area contributed by atoms with E-state index in [-0.39, 0.29) is 30.2 Å². The van der Waals surface area contributed by atoms with Crippen LogP contribution in [0.1, 0.15) is 12.0 Å². The second kappa shape index (κ2) is 7.12. The maximum atomic E-state index is 12.8. The molecule has 1 heterocycles. The van der Waals surface area contributed by atoms with Crippen LogP contribution in [-0.2, 0) is 11.3 Å². The molecule has 2 N–H and O–H groups in total. The predicted octanol–water partition coefficient (Wildman–Crippen LogP) is 2.43. The molecule has 124 valence electrons. The van der Waals surface area contributed by atoms with Gasteiger partial charge in [0, 0.05) is 25.2 Å². The van der Waals surface area contributed by atoms with Gasteiger partial charge in [-0.25, -0.2) is 9.18 Å². The van der Waals surface area contributed by atoms with Gasteiger partial charge in [-0.2, -0.15) is 0 Å². The van der Waals surface area contributed by atoms with Crippen LogP contribution in [0.25, 0.3) is 0 Å². The number of amides is 3. The zero-order valence-electron chi connectivity index (χ0n) is 13.0. The minimum absolute atomic E-state index is 0.00923. The second-order valence-corrected chi connectivity index (χ2v) is 5.69. The van der Waals surface area contributed by atoms with Crippen LogP contribution in [0.5, 0.6) is 0 Å². The number of benzene rings is 2. The number of rotatable bonds is 4. The summed E-state index contributed by atoms with van der Waals surface area (Å²) in [6.07, 6.45) is 0.277. The van der Waals surface area contributed by atoms with Crippen LogP contribution in [0.2, 0.25) is 0 Å². The molecule has 0 bridgehead atoms. The highest BCUT2D eigenvalue weighted by atomic mass is 19.1. The molecule has 1 aliphatic rings. The predicted molar refractivity (Wildman–Crippen MR) is 89.0 cm³/mol. The number of halogens is 1. The van der Waals surface area contributed by atoms with E-state index in [2.05, 4.69) is 10.6 Å². The highest BCUT2D eigenvalue weighted by Gasteiger charge is 2.31. The minimum Gasteiger partial charge on any atom is -0.334 e. The molecule has 2 aromatic rings. The largest absolute Gasteiger partial charge is 0.334 e. The third kappa shape index (κ3) is 3.90. The van der Waals surface area contributed by atoms with E-state index in [1.807, 2.05) is 30.3 Å². The van der Waals surface area contributed by atoms with E-state index in [0.29, 0.717) is 13.1 Å². The SMILES string of the molecule is O=C(NCc1ccc(F)cc1)NC1CC(=O)N(c2ccccc2)C1. The van der Waals surface area contributed by atoms with Gasteiger partial charge in [-0.15, -0.1) is 0 Å². The van der Waals surface area contributed by atoms with Gasteiger partial charge >= 0.3 is 6.03 Å². The summed E-state index contributed by atoms with van der Waals surface area (Å²) in [7, 11) is 0. The lowest BCUT2D eigenvalue weighted by Crippen LogP contribution is -2.43. The molecule has 1 unspecified atom stereocenters. The fourth-order valence-corrected chi connectivity index (χ4v) is 2.68. The maximum Gasteiger partial charge on any atom is 0.315 e. The molecule has 3 amide bonds. The smallest absolute Gasteiger partial charge is 0.315 e. The van der Waals surface area contributed by atoms with E-state index < -0.39 is 0 Å². The number of anilines is 1. The third-order valence-corrected chi connectivity index (χ3v) is 3.89. The Hall–Kier alpha value is -2.89. The molecule has 1 fully saturated rings. The highest BCUT2D eigenvalue weighted by Crippen LogP contribution is 2.20. The van der Waals surface area contributed by atoms with Crippen LogP contribution in [0.4, 0.5) is 14.9 Å². The third-order valence-electron chi connectivity index (χ3n) is 3.89.